The molecule has 1 amide bonds. The number of carbonyl (C=O) groups excluding carboxylic acids is 1. The van der Waals surface area contributed by atoms with Crippen molar-refractivity contribution < 1.29 is 20.1 Å². The molecule has 0 heterocycles. The van der Waals surface area contributed by atoms with Gasteiger partial charge in [0.1, 0.15) is 5.75 Å². The monoisotopic (exact) mass is 327 g/mol. The molecule has 2 aromatic carbocycles. The predicted molar refractivity (Wildman–Crippen MR) is 94.2 cm³/mol. The molecule has 0 atom stereocenters. The fourth-order valence-corrected chi connectivity index (χ4v) is 2.09. The van der Waals surface area contributed by atoms with Crippen LogP contribution in [-0.4, -0.2) is 21.2 Å². The summed E-state index contributed by atoms with van der Waals surface area (Å²) in [4.78, 5) is 12.0. The molecule has 2 rings (SSSR count). The molecule has 4 N–H and O–H groups in total. The van der Waals surface area contributed by atoms with Crippen molar-refractivity contribution in [1.82, 2.24) is 0 Å². The maximum Gasteiger partial charge on any atom is 0.248 e. The Morgan fingerprint density at radius 2 is 1.62 bits per heavy atom. The first kappa shape index (κ1) is 17.4. The summed E-state index contributed by atoms with van der Waals surface area (Å²) in [6.45, 7) is 6.13. The Morgan fingerprint density at radius 3 is 2.25 bits per heavy atom. The average Bonchev–Trinajstić information content (AvgIpc) is 2.49. The van der Waals surface area contributed by atoms with Crippen molar-refractivity contribution in [3.8, 4) is 17.2 Å². The fourth-order valence-electron chi connectivity index (χ4n) is 2.09. The van der Waals surface area contributed by atoms with Crippen LogP contribution < -0.4 is 5.32 Å². The Labute approximate surface area is 140 Å². The van der Waals surface area contributed by atoms with E-state index in [1.54, 1.807) is 18.2 Å². The number of nitrogens with one attached hydrogen (secondary N) is 1. The van der Waals surface area contributed by atoms with E-state index >= 15 is 0 Å². The zero-order chi connectivity index (χ0) is 17.9. The summed E-state index contributed by atoms with van der Waals surface area (Å²) in [5, 5.41) is 31.2. The van der Waals surface area contributed by atoms with Crippen LogP contribution in [0, 0.1) is 0 Å². The first-order valence-electron chi connectivity index (χ1n) is 7.51. The number of rotatable bonds is 3. The Balaban J connectivity index is 2.14. The van der Waals surface area contributed by atoms with Crippen LogP contribution in [0.1, 0.15) is 31.9 Å². The van der Waals surface area contributed by atoms with Crippen molar-refractivity contribution in [2.24, 2.45) is 0 Å². The molecule has 0 bridgehead atoms. The van der Waals surface area contributed by atoms with E-state index in [1.807, 2.05) is 26.8 Å². The second kappa shape index (κ2) is 6.66. The van der Waals surface area contributed by atoms with Crippen molar-refractivity contribution in [1.29, 1.82) is 0 Å². The van der Waals surface area contributed by atoms with Crippen molar-refractivity contribution in [2.75, 3.05) is 5.32 Å². The number of anilines is 1. The van der Waals surface area contributed by atoms with E-state index in [4.69, 9.17) is 0 Å². The Hall–Kier alpha value is -2.95. The highest BCUT2D eigenvalue weighted by molar-refractivity contribution is 6.02. The Morgan fingerprint density at radius 1 is 0.958 bits per heavy atom. The smallest absolute Gasteiger partial charge is 0.248 e. The van der Waals surface area contributed by atoms with Gasteiger partial charge in [0.15, 0.2) is 11.5 Å². The molecule has 0 aliphatic carbocycles. The number of carbonyl (C=O) groups is 1. The molecule has 0 fully saturated rings. The summed E-state index contributed by atoms with van der Waals surface area (Å²) in [6, 6.07) is 9.37. The van der Waals surface area contributed by atoms with Gasteiger partial charge < -0.3 is 20.6 Å². The summed E-state index contributed by atoms with van der Waals surface area (Å²) >= 11 is 0. The number of amides is 1. The molecule has 0 aromatic heterocycles. The van der Waals surface area contributed by atoms with Gasteiger partial charge >= 0.3 is 0 Å². The maximum atomic E-state index is 12.0. The van der Waals surface area contributed by atoms with Crippen LogP contribution in [0.25, 0.3) is 6.08 Å². The number of phenolic OH excluding ortho intramolecular Hbond substituents is 3. The first-order valence-corrected chi connectivity index (χ1v) is 7.51. The number of aromatic hydroxyl groups is 3. The minimum Gasteiger partial charge on any atom is -0.506 e. The molecule has 0 saturated heterocycles. The zero-order valence-corrected chi connectivity index (χ0v) is 13.9. The van der Waals surface area contributed by atoms with Crippen molar-refractivity contribution >= 4 is 17.7 Å². The Kier molecular flexibility index (Phi) is 4.83. The Bertz CT molecular complexity index is 788. The topological polar surface area (TPSA) is 89.8 Å². The van der Waals surface area contributed by atoms with Gasteiger partial charge in [-0.25, -0.2) is 0 Å². The lowest BCUT2D eigenvalue weighted by atomic mass is 9.87. The van der Waals surface area contributed by atoms with E-state index in [2.05, 4.69) is 5.32 Å². The van der Waals surface area contributed by atoms with Crippen molar-refractivity contribution in [3.63, 3.8) is 0 Å². The van der Waals surface area contributed by atoms with Gasteiger partial charge in [-0.3, -0.25) is 4.79 Å². The van der Waals surface area contributed by atoms with Gasteiger partial charge in [-0.1, -0.05) is 32.9 Å². The van der Waals surface area contributed by atoms with Gasteiger partial charge in [-0.2, -0.15) is 0 Å². The van der Waals surface area contributed by atoms with Gasteiger partial charge in [0.25, 0.3) is 0 Å². The summed E-state index contributed by atoms with van der Waals surface area (Å²) in [7, 11) is 0. The molecule has 0 aliphatic heterocycles. The minimum absolute atomic E-state index is 0.00738. The lowest BCUT2D eigenvalue weighted by molar-refractivity contribution is -0.111. The largest absolute Gasteiger partial charge is 0.506 e. The lowest BCUT2D eigenvalue weighted by Gasteiger charge is -2.20. The van der Waals surface area contributed by atoms with Crippen LogP contribution in [0.5, 0.6) is 17.2 Å². The number of hydrogen-bond donors (Lipinski definition) is 4. The van der Waals surface area contributed by atoms with Crippen molar-refractivity contribution in [3.05, 3.63) is 53.6 Å². The normalized spacial score (nSPS) is 11.6. The average molecular weight is 327 g/mol. The summed E-state index contributed by atoms with van der Waals surface area (Å²) in [6.07, 6.45) is 2.79. The van der Waals surface area contributed by atoms with Crippen LogP contribution in [0.15, 0.2) is 42.5 Å². The molecule has 5 heteroatoms. The van der Waals surface area contributed by atoms with Crippen LogP contribution in [-0.2, 0) is 10.2 Å². The molecule has 0 spiro atoms. The van der Waals surface area contributed by atoms with Crippen LogP contribution in [0.3, 0.4) is 0 Å². The molecule has 24 heavy (non-hydrogen) atoms. The minimum atomic E-state index is -0.413. The van der Waals surface area contributed by atoms with Gasteiger partial charge in [-0.15, -0.1) is 0 Å². The molecule has 0 aliphatic rings. The molecule has 126 valence electrons. The van der Waals surface area contributed by atoms with Crippen LogP contribution in [0.4, 0.5) is 5.69 Å². The quantitative estimate of drug-likeness (QED) is 0.510. The predicted octanol–water partition coefficient (Wildman–Crippen LogP) is 3.75. The highest BCUT2D eigenvalue weighted by atomic mass is 16.3. The van der Waals surface area contributed by atoms with E-state index in [9.17, 15) is 20.1 Å². The van der Waals surface area contributed by atoms with Crippen LogP contribution >= 0.6 is 0 Å². The van der Waals surface area contributed by atoms with E-state index < -0.39 is 5.91 Å². The third-order valence-electron chi connectivity index (χ3n) is 3.55. The number of phenols is 3. The fraction of sp³-hybridized carbons (Fsp3) is 0.211. The highest BCUT2D eigenvalue weighted by Gasteiger charge is 2.16. The van der Waals surface area contributed by atoms with E-state index in [0.29, 0.717) is 11.3 Å². The van der Waals surface area contributed by atoms with Gasteiger partial charge in [-0.05, 0) is 46.9 Å². The standard InChI is InChI=1S/C19H21NO4/c1-19(2,3)13-6-8-15(21)14(11-13)20-18(24)9-5-12-4-7-16(22)17(23)10-12/h4-11,21-23H,1-3H3,(H,20,24)/b9-5+. The third-order valence-corrected chi connectivity index (χ3v) is 3.55. The number of benzene rings is 2. The molecule has 2 aromatic rings. The number of hydrogen-bond acceptors (Lipinski definition) is 4. The first-order chi connectivity index (χ1) is 11.2. The molecule has 5 nitrogen and oxygen atoms in total. The molecule has 0 unspecified atom stereocenters. The lowest BCUT2D eigenvalue weighted by Crippen LogP contribution is -2.13. The van der Waals surface area contributed by atoms with Gasteiger partial charge in [0, 0.05) is 6.08 Å². The molecular formula is C19H21NO4. The second-order valence-corrected chi connectivity index (χ2v) is 6.55. The summed E-state index contributed by atoms with van der Waals surface area (Å²) < 4.78 is 0. The second-order valence-electron chi connectivity index (χ2n) is 6.55. The third kappa shape index (κ3) is 4.29. The van der Waals surface area contributed by atoms with Crippen molar-refractivity contribution in [2.45, 2.75) is 26.2 Å². The molecule has 0 saturated carbocycles. The SMILES string of the molecule is CC(C)(C)c1ccc(O)c(NC(=O)/C=C/c2ccc(O)c(O)c2)c1. The summed E-state index contributed by atoms with van der Waals surface area (Å²) in [5.74, 6) is -0.899. The highest BCUT2D eigenvalue weighted by Crippen LogP contribution is 2.30. The van der Waals surface area contributed by atoms with Gasteiger partial charge in [0.2, 0.25) is 5.91 Å². The van der Waals surface area contributed by atoms with Crippen LogP contribution in [0.2, 0.25) is 0 Å². The molecule has 0 radical (unpaired) electrons. The maximum absolute atomic E-state index is 12.0. The summed E-state index contributed by atoms with van der Waals surface area (Å²) in [5.41, 5.74) is 1.79. The van der Waals surface area contributed by atoms with E-state index in [0.717, 1.165) is 5.56 Å². The van der Waals surface area contributed by atoms with E-state index in [1.165, 1.54) is 24.3 Å². The zero-order valence-electron chi connectivity index (χ0n) is 13.9. The van der Waals surface area contributed by atoms with E-state index in [-0.39, 0.29) is 22.7 Å². The molecular weight excluding hydrogens is 306 g/mol. The van der Waals surface area contributed by atoms with Gasteiger partial charge in [0.05, 0.1) is 5.69 Å².